The van der Waals surface area contributed by atoms with Crippen LogP contribution in [0, 0.1) is 11.8 Å². The fraction of sp³-hybridized carbons (Fsp3) is 0.730. The zero-order chi connectivity index (χ0) is 93.2. The number of fused-ring (bicyclic) bond motifs is 1. The van der Waals surface area contributed by atoms with Gasteiger partial charge in [0.1, 0.15) is 48.4 Å². The van der Waals surface area contributed by atoms with Crippen molar-refractivity contribution in [2.24, 2.45) is 11.8 Å². The van der Waals surface area contributed by atoms with Gasteiger partial charge in [0.2, 0.25) is 11.8 Å². The van der Waals surface area contributed by atoms with Gasteiger partial charge in [-0.3, -0.25) is 24.0 Å². The normalized spacial score (nSPS) is 20.6. The molecule has 20 heteroatoms. The predicted molar refractivity (Wildman–Crippen MR) is 520 cm³/mol. The van der Waals surface area contributed by atoms with E-state index >= 15 is 14.4 Å². The van der Waals surface area contributed by atoms with E-state index in [0.29, 0.717) is 38.0 Å². The summed E-state index contributed by atoms with van der Waals surface area (Å²) in [5.41, 5.74) is 3.40. The fourth-order valence-corrected chi connectivity index (χ4v) is 18.5. The Morgan fingerprint density at radius 2 is 0.855 bits per heavy atom. The van der Waals surface area contributed by atoms with Crippen LogP contribution in [0.3, 0.4) is 0 Å². The standard InChI is InChI=1S/C111H176N2O18/c1-7-11-15-19-23-27-30-31-34-38-42-46-62-74-100(117)126-95(77-87(5)63-51-43-39-35-26-22-18-14-10-4)79-99(116)113-104-108(129-101(118)76-75-88(6)114)106-97(86-124-110(131-106)93-71-59-50-60-72-93)128-111(104)125-85-96-105(123-84-91-68-57-49-58-69-91)107(130-102(119)80-94(122-83-90-66-55-48-56-67-90)73-61-45-41-37-33-29-25-21-17-13-9-3)103(109(120)127-96)112-98(115)78-92(82-121-81-89-64-53-47-54-65-89)70-52-44-40-36-32-28-24-20-16-12-8-2/h47-50,53-60,64-69,71-72,87,92,94-97,103-111,120H,7-46,51-52,61-63,70,73-86H2,1-6H3,(H,112,115)(H,113,116)/t87?,92-,94-,95-,96-,97-,103-,104-,105-,106-,107-,108-,109-,110?,111-/m1/s1. The summed E-state index contributed by atoms with van der Waals surface area (Å²) in [4.78, 5) is 87.5. The number of aliphatic hydroxyl groups is 1. The van der Waals surface area contributed by atoms with E-state index in [1.165, 1.54) is 193 Å². The smallest absolute Gasteiger partial charge is 0.308 e. The molecule has 0 saturated carbocycles. The number of amides is 2. The van der Waals surface area contributed by atoms with Crippen molar-refractivity contribution in [3.8, 4) is 0 Å². The number of esters is 3. The average Bonchev–Trinajstić information content (AvgIpc) is 0.766. The van der Waals surface area contributed by atoms with Crippen LogP contribution in [0.5, 0.6) is 0 Å². The third-order valence-electron chi connectivity index (χ3n) is 26.3. The monoisotopic (exact) mass is 1830 g/mol. The van der Waals surface area contributed by atoms with Crippen LogP contribution in [-0.2, 0) is 101 Å². The molecule has 2 amide bonds. The molecule has 15 atom stereocenters. The number of carbonyl (C=O) groups is 6. The number of carbonyl (C=O) groups excluding carboxylic acids is 6. The maximum absolute atomic E-state index is 15.5. The topological polar surface area (TPSA) is 248 Å². The van der Waals surface area contributed by atoms with Gasteiger partial charge in [-0.2, -0.15) is 0 Å². The van der Waals surface area contributed by atoms with Crippen molar-refractivity contribution in [2.75, 3.05) is 19.8 Å². The summed E-state index contributed by atoms with van der Waals surface area (Å²) in [5.74, 6) is -3.06. The molecule has 3 aliphatic heterocycles. The summed E-state index contributed by atoms with van der Waals surface area (Å²) < 4.78 is 74.0. The molecule has 2 unspecified atom stereocenters. The molecule has 0 bridgehead atoms. The summed E-state index contributed by atoms with van der Waals surface area (Å²) in [7, 11) is 0. The number of aliphatic hydroxyl groups excluding tert-OH is 1. The molecule has 3 heterocycles. The van der Waals surface area contributed by atoms with Crippen LogP contribution in [0.1, 0.15) is 417 Å². The van der Waals surface area contributed by atoms with Crippen molar-refractivity contribution in [3.05, 3.63) is 144 Å². The molecule has 0 aliphatic carbocycles. The minimum atomic E-state index is -1.84. The Kier molecular flexibility index (Phi) is 60.5. The van der Waals surface area contributed by atoms with Crippen LogP contribution in [0.25, 0.3) is 0 Å². The van der Waals surface area contributed by atoms with Crippen LogP contribution in [0.2, 0.25) is 0 Å². The average molecular weight is 1830 g/mol. The fourth-order valence-electron chi connectivity index (χ4n) is 18.5. The molecule has 4 aromatic rings. The molecule has 3 aliphatic rings. The maximum atomic E-state index is 15.5. The van der Waals surface area contributed by atoms with Gasteiger partial charge in [-0.1, -0.05) is 438 Å². The molecule has 738 valence electrons. The molecule has 3 saturated heterocycles. The van der Waals surface area contributed by atoms with E-state index < -0.39 is 110 Å². The molecule has 0 spiro atoms. The molecule has 131 heavy (non-hydrogen) atoms. The summed E-state index contributed by atoms with van der Waals surface area (Å²) in [6.07, 6.45) is 40.3. The highest BCUT2D eigenvalue weighted by atomic mass is 16.8. The van der Waals surface area contributed by atoms with Gasteiger partial charge in [-0.15, -0.1) is 0 Å². The van der Waals surface area contributed by atoms with Crippen LogP contribution >= 0.6 is 0 Å². The van der Waals surface area contributed by atoms with E-state index in [1.54, 1.807) is 0 Å². The van der Waals surface area contributed by atoms with E-state index in [2.05, 4.69) is 45.3 Å². The number of Topliss-reactive ketones (excluding diaryl/α,β-unsaturated/α-hetero) is 1. The highest BCUT2D eigenvalue weighted by Gasteiger charge is 2.55. The highest BCUT2D eigenvalue weighted by molar-refractivity contribution is 5.81. The number of rotatable bonds is 78. The molecule has 0 radical (unpaired) electrons. The van der Waals surface area contributed by atoms with Gasteiger partial charge in [0.15, 0.2) is 31.1 Å². The van der Waals surface area contributed by atoms with Crippen molar-refractivity contribution in [1.82, 2.24) is 10.6 Å². The van der Waals surface area contributed by atoms with E-state index in [-0.39, 0.29) is 81.9 Å². The largest absolute Gasteiger partial charge is 0.462 e. The van der Waals surface area contributed by atoms with E-state index in [9.17, 15) is 19.5 Å². The lowest BCUT2D eigenvalue weighted by atomic mass is 9.93. The molecule has 3 fully saturated rings. The second-order valence-corrected chi connectivity index (χ2v) is 38.3. The third kappa shape index (κ3) is 49.2. The minimum absolute atomic E-state index is 0.0300. The van der Waals surface area contributed by atoms with E-state index in [4.69, 9.17) is 52.1 Å². The Balaban J connectivity index is 1.21. The Hall–Kier alpha value is -6.46. The summed E-state index contributed by atoms with van der Waals surface area (Å²) in [6, 6.07) is 35.9. The lowest BCUT2D eigenvalue weighted by molar-refractivity contribution is -0.351. The highest BCUT2D eigenvalue weighted by Crippen LogP contribution is 2.38. The second-order valence-electron chi connectivity index (χ2n) is 38.3. The second kappa shape index (κ2) is 71.1. The zero-order valence-electron chi connectivity index (χ0n) is 82.0. The number of nitrogens with one attached hydrogen (secondary N) is 2. The van der Waals surface area contributed by atoms with E-state index in [0.717, 1.165) is 119 Å². The number of hydrogen-bond acceptors (Lipinski definition) is 18. The Morgan fingerprint density at radius 3 is 1.37 bits per heavy atom. The van der Waals surface area contributed by atoms with Crippen molar-refractivity contribution in [1.29, 1.82) is 0 Å². The number of benzene rings is 4. The van der Waals surface area contributed by atoms with Crippen LogP contribution < -0.4 is 10.6 Å². The Labute approximate surface area is 790 Å². The predicted octanol–water partition coefficient (Wildman–Crippen LogP) is 25.6. The third-order valence-corrected chi connectivity index (χ3v) is 26.3. The van der Waals surface area contributed by atoms with Gasteiger partial charge in [0, 0.05) is 24.8 Å². The molecule has 4 aromatic carbocycles. The van der Waals surface area contributed by atoms with Gasteiger partial charge in [0.25, 0.3) is 0 Å². The Morgan fingerprint density at radius 1 is 0.412 bits per heavy atom. The molecular weight excluding hydrogens is 1650 g/mol. The SMILES string of the molecule is CCCCCCCCCCCCCCCC(=O)O[C@@H](CC(=O)N[C@H]1[C@H](OC[C@H]2O[C@@H](O)[C@H](NC(=O)C[C@@H](CCCCCCCCCCCCC)COCc3ccccc3)[C@@H](OC(=O)C[C@@H](CCCCCCCCCCCCC)OCc3ccccc3)[C@@H]2OCc2ccccc2)O[C@@H]2COC(c3ccccc3)O[C@H]2[C@@H]1OC(=O)CCC(C)=O)CC(C)CCCCCCCCCCC. The first-order chi connectivity index (χ1) is 64.1. The van der Waals surface area contributed by atoms with Gasteiger partial charge in [0.05, 0.1) is 65.0 Å². The number of unbranched alkanes of at least 4 members (excludes halogenated alkanes) is 40. The first kappa shape index (κ1) is 112. The number of ketones is 1. The van der Waals surface area contributed by atoms with Gasteiger partial charge < -0.3 is 72.6 Å². The molecule has 7 rings (SSSR count). The summed E-state index contributed by atoms with van der Waals surface area (Å²) >= 11 is 0. The van der Waals surface area contributed by atoms with Crippen molar-refractivity contribution in [2.45, 2.75) is 488 Å². The van der Waals surface area contributed by atoms with Crippen LogP contribution in [0.4, 0.5) is 0 Å². The minimum Gasteiger partial charge on any atom is -0.462 e. The molecule has 0 aromatic heterocycles. The first-order valence-electron chi connectivity index (χ1n) is 52.6. The first-order valence-corrected chi connectivity index (χ1v) is 52.6. The summed E-state index contributed by atoms with van der Waals surface area (Å²) in [6.45, 7) is 12.9. The van der Waals surface area contributed by atoms with Gasteiger partial charge in [-0.25, -0.2) is 0 Å². The number of hydrogen-bond donors (Lipinski definition) is 3. The van der Waals surface area contributed by atoms with Crippen molar-refractivity contribution >= 4 is 35.5 Å². The molecule has 3 N–H and O–H groups in total. The summed E-state index contributed by atoms with van der Waals surface area (Å²) in [5, 5.41) is 19.2. The molecule has 20 nitrogen and oxygen atoms in total. The van der Waals surface area contributed by atoms with E-state index in [1.807, 2.05) is 121 Å². The van der Waals surface area contributed by atoms with Gasteiger partial charge in [-0.05, 0) is 61.1 Å². The van der Waals surface area contributed by atoms with Crippen molar-refractivity contribution < 1.29 is 86.0 Å². The van der Waals surface area contributed by atoms with Crippen molar-refractivity contribution in [3.63, 3.8) is 0 Å². The maximum Gasteiger partial charge on any atom is 0.308 e. The van der Waals surface area contributed by atoms with Gasteiger partial charge >= 0.3 is 17.9 Å². The quantitative estimate of drug-likeness (QED) is 0.0211. The lowest BCUT2D eigenvalue weighted by Gasteiger charge is -2.49. The van der Waals surface area contributed by atoms with Crippen LogP contribution in [-0.4, -0.2) is 134 Å². The zero-order valence-corrected chi connectivity index (χ0v) is 82.0. The Bertz CT molecular complexity index is 3540. The lowest BCUT2D eigenvalue weighted by Crippen LogP contribution is -2.69. The molecular formula is C111H176N2O18. The van der Waals surface area contributed by atoms with Crippen LogP contribution in [0.15, 0.2) is 121 Å². The number of ether oxygens (including phenoxy) is 11.